The third-order valence-electron chi connectivity index (χ3n) is 1.75. The fraction of sp³-hybridized carbons (Fsp3) is 0.125. The Morgan fingerprint density at radius 1 is 1.50 bits per heavy atom. The zero-order valence-electron chi connectivity index (χ0n) is 6.14. The standard InChI is InChI=1S/C8H6BrIN2/c9-4-7-5-2-1-3-6(10)8(5)12-11-7/h1-3H,4H2,(H,11,12). The van der Waals surface area contributed by atoms with Gasteiger partial charge in [0.15, 0.2) is 0 Å². The van der Waals surface area contributed by atoms with Crippen LogP contribution in [0, 0.1) is 3.57 Å². The molecule has 2 rings (SSSR count). The molecule has 4 heteroatoms. The van der Waals surface area contributed by atoms with E-state index in [4.69, 9.17) is 0 Å². The Balaban J connectivity index is 2.80. The lowest BCUT2D eigenvalue weighted by molar-refractivity contribution is 1.06. The van der Waals surface area contributed by atoms with Gasteiger partial charge in [-0.2, -0.15) is 5.10 Å². The highest BCUT2D eigenvalue weighted by Gasteiger charge is 2.05. The van der Waals surface area contributed by atoms with Gasteiger partial charge < -0.3 is 0 Å². The number of rotatable bonds is 1. The van der Waals surface area contributed by atoms with Crippen molar-refractivity contribution in [3.8, 4) is 0 Å². The van der Waals surface area contributed by atoms with Crippen molar-refractivity contribution < 1.29 is 0 Å². The van der Waals surface area contributed by atoms with Gasteiger partial charge in [-0.25, -0.2) is 0 Å². The molecular weight excluding hydrogens is 331 g/mol. The van der Waals surface area contributed by atoms with E-state index in [1.54, 1.807) is 0 Å². The quantitative estimate of drug-likeness (QED) is 0.629. The van der Waals surface area contributed by atoms with E-state index in [1.807, 2.05) is 6.07 Å². The lowest BCUT2D eigenvalue weighted by Crippen LogP contribution is -1.76. The van der Waals surface area contributed by atoms with E-state index in [9.17, 15) is 0 Å². The Labute approximate surface area is 92.0 Å². The predicted molar refractivity (Wildman–Crippen MR) is 61.4 cm³/mol. The van der Waals surface area contributed by atoms with Gasteiger partial charge in [-0.3, -0.25) is 5.10 Å². The third-order valence-corrected chi connectivity index (χ3v) is 3.18. The Morgan fingerprint density at radius 2 is 2.33 bits per heavy atom. The van der Waals surface area contributed by atoms with Crippen molar-refractivity contribution in [2.45, 2.75) is 5.33 Å². The molecule has 0 unspecified atom stereocenters. The van der Waals surface area contributed by atoms with Crippen LogP contribution >= 0.6 is 38.5 Å². The number of hydrogen-bond donors (Lipinski definition) is 1. The van der Waals surface area contributed by atoms with E-state index >= 15 is 0 Å². The number of hydrogen-bond acceptors (Lipinski definition) is 1. The van der Waals surface area contributed by atoms with Crippen molar-refractivity contribution >= 4 is 49.4 Å². The predicted octanol–water partition coefficient (Wildman–Crippen LogP) is 3.06. The van der Waals surface area contributed by atoms with E-state index in [0.717, 1.165) is 16.5 Å². The largest absolute Gasteiger partial charge is 0.276 e. The van der Waals surface area contributed by atoms with Crippen LogP contribution in [0.25, 0.3) is 10.9 Å². The highest BCUT2D eigenvalue weighted by molar-refractivity contribution is 14.1. The number of fused-ring (bicyclic) bond motifs is 1. The topological polar surface area (TPSA) is 28.7 Å². The molecule has 12 heavy (non-hydrogen) atoms. The molecule has 0 aliphatic rings. The van der Waals surface area contributed by atoms with Crippen molar-refractivity contribution in [2.75, 3.05) is 0 Å². The minimum absolute atomic E-state index is 0.799. The second-order valence-corrected chi connectivity index (χ2v) is 4.19. The summed E-state index contributed by atoms with van der Waals surface area (Å²) in [6.45, 7) is 0. The molecule has 0 radical (unpaired) electrons. The number of alkyl halides is 1. The minimum Gasteiger partial charge on any atom is -0.276 e. The average molecular weight is 337 g/mol. The molecule has 0 amide bonds. The Hall–Kier alpha value is -0.100. The molecule has 0 aliphatic carbocycles. The number of para-hydroxylation sites is 1. The third kappa shape index (κ3) is 1.26. The molecule has 1 heterocycles. The van der Waals surface area contributed by atoms with E-state index in [-0.39, 0.29) is 0 Å². The van der Waals surface area contributed by atoms with Gasteiger partial charge in [-0.15, -0.1) is 0 Å². The molecule has 2 nitrogen and oxygen atoms in total. The highest BCUT2D eigenvalue weighted by Crippen LogP contribution is 2.22. The molecule has 0 atom stereocenters. The molecule has 0 saturated carbocycles. The summed E-state index contributed by atoms with van der Waals surface area (Å²) in [4.78, 5) is 0. The van der Waals surface area contributed by atoms with Gasteiger partial charge in [0.25, 0.3) is 0 Å². The Kier molecular flexibility index (Phi) is 2.36. The Morgan fingerprint density at radius 3 is 3.08 bits per heavy atom. The molecule has 0 bridgehead atoms. The summed E-state index contributed by atoms with van der Waals surface area (Å²) in [5.74, 6) is 0. The van der Waals surface area contributed by atoms with Gasteiger partial charge >= 0.3 is 0 Å². The molecule has 0 aliphatic heterocycles. The van der Waals surface area contributed by atoms with Crippen LogP contribution in [-0.4, -0.2) is 10.2 Å². The lowest BCUT2D eigenvalue weighted by atomic mass is 10.2. The van der Waals surface area contributed by atoms with Crippen molar-refractivity contribution in [2.24, 2.45) is 0 Å². The number of nitrogens with one attached hydrogen (secondary N) is 1. The van der Waals surface area contributed by atoms with Gasteiger partial charge in [0.1, 0.15) is 0 Å². The van der Waals surface area contributed by atoms with Crippen molar-refractivity contribution in [1.82, 2.24) is 10.2 Å². The van der Waals surface area contributed by atoms with E-state index in [1.165, 1.54) is 8.96 Å². The Bertz CT molecular complexity index is 410. The average Bonchev–Trinajstić information content (AvgIpc) is 2.49. The van der Waals surface area contributed by atoms with Crippen LogP contribution in [0.2, 0.25) is 0 Å². The summed E-state index contributed by atoms with van der Waals surface area (Å²) in [6.07, 6.45) is 0. The first kappa shape index (κ1) is 8.50. The maximum Gasteiger partial charge on any atom is 0.0806 e. The summed E-state index contributed by atoms with van der Waals surface area (Å²) in [6, 6.07) is 6.20. The maximum absolute atomic E-state index is 4.20. The van der Waals surface area contributed by atoms with Crippen molar-refractivity contribution in [3.05, 3.63) is 27.5 Å². The first-order chi connectivity index (χ1) is 5.83. The van der Waals surface area contributed by atoms with Gasteiger partial charge in [0, 0.05) is 14.3 Å². The van der Waals surface area contributed by atoms with Gasteiger partial charge in [0.05, 0.1) is 11.2 Å². The van der Waals surface area contributed by atoms with Crippen LogP contribution in [0.1, 0.15) is 5.69 Å². The normalized spacial score (nSPS) is 10.8. The van der Waals surface area contributed by atoms with Crippen LogP contribution in [0.15, 0.2) is 18.2 Å². The van der Waals surface area contributed by atoms with Crippen LogP contribution < -0.4 is 0 Å². The number of aromatic amines is 1. The van der Waals surface area contributed by atoms with Gasteiger partial charge in [0.2, 0.25) is 0 Å². The summed E-state index contributed by atoms with van der Waals surface area (Å²) >= 11 is 5.70. The number of halogens is 2. The summed E-state index contributed by atoms with van der Waals surface area (Å²) < 4.78 is 1.21. The van der Waals surface area contributed by atoms with Gasteiger partial charge in [-0.05, 0) is 28.7 Å². The first-order valence-electron chi connectivity index (χ1n) is 3.50. The highest BCUT2D eigenvalue weighted by atomic mass is 127. The van der Waals surface area contributed by atoms with Crippen LogP contribution in [0.5, 0.6) is 0 Å². The van der Waals surface area contributed by atoms with E-state index < -0.39 is 0 Å². The number of benzene rings is 1. The van der Waals surface area contributed by atoms with Gasteiger partial charge in [-0.1, -0.05) is 28.1 Å². The molecule has 0 spiro atoms. The van der Waals surface area contributed by atoms with Crippen LogP contribution in [-0.2, 0) is 5.33 Å². The summed E-state index contributed by atoms with van der Waals surface area (Å²) in [7, 11) is 0. The summed E-state index contributed by atoms with van der Waals surface area (Å²) in [5, 5.41) is 9.22. The lowest BCUT2D eigenvalue weighted by Gasteiger charge is -1.92. The fourth-order valence-corrected chi connectivity index (χ4v) is 2.21. The SMILES string of the molecule is BrCc1n[nH]c2c(I)cccc12. The van der Waals surface area contributed by atoms with Crippen LogP contribution in [0.4, 0.5) is 0 Å². The molecule has 1 aromatic heterocycles. The first-order valence-corrected chi connectivity index (χ1v) is 5.70. The molecule has 1 aromatic carbocycles. The molecule has 2 aromatic rings. The number of aromatic nitrogens is 2. The van der Waals surface area contributed by atoms with Crippen molar-refractivity contribution in [3.63, 3.8) is 0 Å². The number of H-pyrrole nitrogens is 1. The molecule has 0 fully saturated rings. The minimum atomic E-state index is 0.799. The molecule has 62 valence electrons. The monoisotopic (exact) mass is 336 g/mol. The smallest absolute Gasteiger partial charge is 0.0806 e. The zero-order chi connectivity index (χ0) is 8.55. The fourth-order valence-electron chi connectivity index (χ4n) is 1.16. The van der Waals surface area contributed by atoms with E-state index in [0.29, 0.717) is 0 Å². The summed E-state index contributed by atoms with van der Waals surface area (Å²) in [5.41, 5.74) is 2.20. The molecule has 1 N–H and O–H groups in total. The van der Waals surface area contributed by atoms with E-state index in [2.05, 4.69) is 60.9 Å². The maximum atomic E-state index is 4.20. The number of nitrogens with zero attached hydrogens (tertiary/aromatic N) is 1. The second-order valence-electron chi connectivity index (χ2n) is 2.47. The van der Waals surface area contributed by atoms with Crippen molar-refractivity contribution in [1.29, 1.82) is 0 Å². The molecular formula is C8H6BrIN2. The molecule has 0 saturated heterocycles. The van der Waals surface area contributed by atoms with Crippen LogP contribution in [0.3, 0.4) is 0 Å². The zero-order valence-corrected chi connectivity index (χ0v) is 9.89. The second kappa shape index (κ2) is 3.33.